The van der Waals surface area contributed by atoms with Crippen LogP contribution in [0.3, 0.4) is 0 Å². The third kappa shape index (κ3) is 4.93. The number of β-amino-alcohol motifs (C(OH)–C–C–N with tert-alkyl or cyclic N) is 1. The number of hydrogen-bond donors (Lipinski definition) is 1. The highest BCUT2D eigenvalue weighted by molar-refractivity contribution is 6.32. The number of ether oxygens (including phenoxy) is 2. The summed E-state index contributed by atoms with van der Waals surface area (Å²) in [5, 5.41) is 11.3. The molecule has 1 N–H and O–H groups in total. The summed E-state index contributed by atoms with van der Waals surface area (Å²) >= 11 is 6.10. The van der Waals surface area contributed by atoms with E-state index >= 15 is 0 Å². The number of hydrogen-bond acceptors (Lipinski definition) is 4. The highest BCUT2D eigenvalue weighted by Crippen LogP contribution is 2.28. The molecule has 3 rings (SSSR count). The molecular formula is C21H24ClNO4. The van der Waals surface area contributed by atoms with Crippen LogP contribution in [-0.4, -0.2) is 47.3 Å². The maximum absolute atomic E-state index is 12.5. The molecule has 144 valence electrons. The van der Waals surface area contributed by atoms with E-state index < -0.39 is 5.60 Å². The Morgan fingerprint density at radius 2 is 2.04 bits per heavy atom. The number of carbonyl (C=O) groups is 1. The Bertz CT molecular complexity index is 794. The number of likely N-dealkylation sites (tertiary alicyclic amines) is 1. The smallest absolute Gasteiger partial charge is 0.260 e. The van der Waals surface area contributed by atoms with Crippen LogP contribution in [0.15, 0.2) is 48.5 Å². The number of halogens is 1. The first-order valence-electron chi connectivity index (χ1n) is 8.96. The van der Waals surface area contributed by atoms with Gasteiger partial charge in [0.25, 0.3) is 5.91 Å². The first kappa shape index (κ1) is 19.5. The molecule has 0 spiro atoms. The Hall–Kier alpha value is -2.24. The van der Waals surface area contributed by atoms with Crippen molar-refractivity contribution < 1.29 is 19.4 Å². The second kappa shape index (κ2) is 8.19. The van der Waals surface area contributed by atoms with Gasteiger partial charge in [0.2, 0.25) is 0 Å². The van der Waals surface area contributed by atoms with Crippen LogP contribution in [0, 0.1) is 6.92 Å². The third-order valence-electron chi connectivity index (χ3n) is 4.68. The lowest BCUT2D eigenvalue weighted by molar-refractivity contribution is -0.147. The molecule has 5 nitrogen and oxygen atoms in total. The summed E-state index contributed by atoms with van der Waals surface area (Å²) < 4.78 is 11.5. The van der Waals surface area contributed by atoms with Gasteiger partial charge in [-0.25, -0.2) is 0 Å². The van der Waals surface area contributed by atoms with E-state index in [1.54, 1.807) is 24.0 Å². The Balaban J connectivity index is 1.57. The normalized spacial score (nSPS) is 22.4. The Kier molecular flexibility index (Phi) is 5.92. The zero-order valence-corrected chi connectivity index (χ0v) is 16.3. The van der Waals surface area contributed by atoms with Crippen molar-refractivity contribution in [3.8, 4) is 11.5 Å². The number of para-hydroxylation sites is 1. The number of piperidine rings is 1. The molecule has 0 radical (unpaired) electrons. The fourth-order valence-electron chi connectivity index (χ4n) is 3.17. The quantitative estimate of drug-likeness (QED) is 0.850. The number of aryl methyl sites for hydroxylation is 1. The standard InChI is InChI=1S/C21H24ClNO4/c1-15-8-9-17(22)18(12-15)26-13-20(24)23-11-10-19(21(2,25)14-23)27-16-6-4-3-5-7-16/h3-9,12,19,25H,10-11,13-14H2,1-2H3/t19-,21-/m0/s1. The molecule has 0 aromatic heterocycles. The van der Waals surface area contributed by atoms with Gasteiger partial charge < -0.3 is 19.5 Å². The van der Waals surface area contributed by atoms with Crippen LogP contribution in [0.2, 0.25) is 5.02 Å². The van der Waals surface area contributed by atoms with Gasteiger partial charge >= 0.3 is 0 Å². The number of nitrogens with zero attached hydrogens (tertiary/aromatic N) is 1. The van der Waals surface area contributed by atoms with E-state index in [2.05, 4.69) is 0 Å². The van der Waals surface area contributed by atoms with Crippen molar-refractivity contribution in [2.24, 2.45) is 0 Å². The molecule has 1 heterocycles. The maximum Gasteiger partial charge on any atom is 0.260 e. The van der Waals surface area contributed by atoms with Crippen molar-refractivity contribution >= 4 is 17.5 Å². The lowest BCUT2D eigenvalue weighted by atomic mass is 9.91. The summed E-state index contributed by atoms with van der Waals surface area (Å²) in [5.41, 5.74) is -0.145. The van der Waals surface area contributed by atoms with Gasteiger partial charge in [0.15, 0.2) is 6.61 Å². The molecule has 2 aromatic carbocycles. The van der Waals surface area contributed by atoms with Crippen molar-refractivity contribution in [2.45, 2.75) is 32.0 Å². The van der Waals surface area contributed by atoms with Gasteiger partial charge in [0.1, 0.15) is 23.2 Å². The van der Waals surface area contributed by atoms with Gasteiger partial charge in [-0.1, -0.05) is 35.9 Å². The van der Waals surface area contributed by atoms with E-state index in [0.29, 0.717) is 29.5 Å². The predicted molar refractivity (Wildman–Crippen MR) is 104 cm³/mol. The van der Waals surface area contributed by atoms with Crippen LogP contribution >= 0.6 is 11.6 Å². The Morgan fingerprint density at radius 1 is 1.30 bits per heavy atom. The van der Waals surface area contributed by atoms with Gasteiger partial charge in [0.05, 0.1) is 11.6 Å². The zero-order chi connectivity index (χ0) is 19.4. The van der Waals surface area contributed by atoms with Gasteiger partial charge in [-0.3, -0.25) is 4.79 Å². The summed E-state index contributed by atoms with van der Waals surface area (Å²) in [4.78, 5) is 14.1. The first-order chi connectivity index (χ1) is 12.8. The lowest BCUT2D eigenvalue weighted by Gasteiger charge is -2.42. The predicted octanol–water partition coefficient (Wildman–Crippen LogP) is 3.46. The van der Waals surface area contributed by atoms with Crippen LogP contribution in [0.5, 0.6) is 11.5 Å². The average molecular weight is 390 g/mol. The van der Waals surface area contributed by atoms with Crippen molar-refractivity contribution in [3.05, 3.63) is 59.1 Å². The van der Waals surface area contributed by atoms with Gasteiger partial charge in [0, 0.05) is 13.0 Å². The molecule has 1 saturated heterocycles. The highest BCUT2D eigenvalue weighted by atomic mass is 35.5. The second-order valence-electron chi connectivity index (χ2n) is 7.10. The molecule has 2 atom stereocenters. The van der Waals surface area contributed by atoms with E-state index in [-0.39, 0.29) is 25.2 Å². The van der Waals surface area contributed by atoms with Crippen LogP contribution < -0.4 is 9.47 Å². The monoisotopic (exact) mass is 389 g/mol. The number of amides is 1. The topological polar surface area (TPSA) is 59.0 Å². The molecule has 0 unspecified atom stereocenters. The summed E-state index contributed by atoms with van der Waals surface area (Å²) in [7, 11) is 0. The fourth-order valence-corrected chi connectivity index (χ4v) is 3.34. The fraction of sp³-hybridized carbons (Fsp3) is 0.381. The van der Waals surface area contributed by atoms with E-state index in [1.807, 2.05) is 43.3 Å². The number of aliphatic hydroxyl groups is 1. The molecule has 1 aliphatic heterocycles. The molecule has 0 aliphatic carbocycles. The molecule has 0 bridgehead atoms. The van der Waals surface area contributed by atoms with Crippen molar-refractivity contribution in [1.82, 2.24) is 4.90 Å². The van der Waals surface area contributed by atoms with Gasteiger partial charge in [-0.05, 0) is 43.7 Å². The summed E-state index contributed by atoms with van der Waals surface area (Å²) in [6, 6.07) is 14.8. The average Bonchev–Trinajstić information content (AvgIpc) is 2.64. The molecule has 27 heavy (non-hydrogen) atoms. The molecular weight excluding hydrogens is 366 g/mol. The van der Waals surface area contributed by atoms with Crippen LogP contribution in [0.4, 0.5) is 0 Å². The first-order valence-corrected chi connectivity index (χ1v) is 9.34. The maximum atomic E-state index is 12.5. The van der Waals surface area contributed by atoms with Crippen molar-refractivity contribution in [1.29, 1.82) is 0 Å². The van der Waals surface area contributed by atoms with Crippen molar-refractivity contribution in [2.75, 3.05) is 19.7 Å². The summed E-state index contributed by atoms with van der Waals surface area (Å²) in [5.74, 6) is 1.00. The minimum Gasteiger partial charge on any atom is -0.487 e. The lowest BCUT2D eigenvalue weighted by Crippen LogP contribution is -2.59. The van der Waals surface area contributed by atoms with E-state index in [0.717, 1.165) is 5.56 Å². The van der Waals surface area contributed by atoms with Crippen molar-refractivity contribution in [3.63, 3.8) is 0 Å². The van der Waals surface area contributed by atoms with Gasteiger partial charge in [-0.15, -0.1) is 0 Å². The number of rotatable bonds is 5. The SMILES string of the molecule is Cc1ccc(Cl)c(OCC(=O)N2CC[C@H](Oc3ccccc3)[C@@](C)(O)C2)c1. The number of carbonyl (C=O) groups excluding carboxylic acids is 1. The largest absolute Gasteiger partial charge is 0.487 e. The zero-order valence-electron chi connectivity index (χ0n) is 15.5. The minimum absolute atomic E-state index is 0.122. The van der Waals surface area contributed by atoms with Crippen LogP contribution in [0.25, 0.3) is 0 Å². The second-order valence-corrected chi connectivity index (χ2v) is 7.51. The van der Waals surface area contributed by atoms with Crippen LogP contribution in [-0.2, 0) is 4.79 Å². The molecule has 1 amide bonds. The van der Waals surface area contributed by atoms with E-state index in [9.17, 15) is 9.90 Å². The molecule has 0 saturated carbocycles. The summed E-state index contributed by atoms with van der Waals surface area (Å²) in [6.45, 7) is 4.19. The Morgan fingerprint density at radius 3 is 2.74 bits per heavy atom. The number of benzene rings is 2. The third-order valence-corrected chi connectivity index (χ3v) is 4.99. The van der Waals surface area contributed by atoms with Crippen LogP contribution in [0.1, 0.15) is 18.9 Å². The molecule has 1 fully saturated rings. The van der Waals surface area contributed by atoms with Gasteiger partial charge in [-0.2, -0.15) is 0 Å². The summed E-state index contributed by atoms with van der Waals surface area (Å²) in [6.07, 6.45) is 0.162. The highest BCUT2D eigenvalue weighted by Gasteiger charge is 2.41. The molecule has 1 aliphatic rings. The Labute approximate surface area is 164 Å². The molecule has 2 aromatic rings. The van der Waals surface area contributed by atoms with E-state index in [1.165, 1.54) is 0 Å². The van der Waals surface area contributed by atoms with E-state index in [4.69, 9.17) is 21.1 Å². The minimum atomic E-state index is -1.15. The molecule has 6 heteroatoms.